The molecular weight excluding hydrogens is 293 g/mol. The zero-order valence-electron chi connectivity index (χ0n) is 16.1. The number of nitrogens with one attached hydrogen (secondary N) is 1. The van der Waals surface area contributed by atoms with E-state index in [1.54, 1.807) is 0 Å². The zero-order valence-corrected chi connectivity index (χ0v) is 17.0. The first-order chi connectivity index (χ1) is 10.2. The first-order valence-corrected chi connectivity index (χ1v) is 10.1. The fourth-order valence-electron chi connectivity index (χ4n) is 3.68. The Morgan fingerprint density at radius 1 is 0.864 bits per heavy atom. The lowest BCUT2D eigenvalue weighted by molar-refractivity contribution is 0.0527. The van der Waals surface area contributed by atoms with Crippen LogP contribution in [0.25, 0.3) is 0 Å². The van der Waals surface area contributed by atoms with E-state index in [0.29, 0.717) is 6.10 Å². The van der Waals surface area contributed by atoms with Gasteiger partial charge in [0, 0.05) is 37.3 Å². The Morgan fingerprint density at radius 2 is 1.23 bits per heavy atom. The molecule has 0 bridgehead atoms. The molecule has 22 heavy (non-hydrogen) atoms. The minimum absolute atomic E-state index is 0.139. The SMILES string of the molecule is CCN(CC)P(OC1CC(C)(C)NC(C)(C)C1)N(CC)CC. The molecule has 1 N–H and O–H groups in total. The monoisotopic (exact) mass is 331 g/mol. The average Bonchev–Trinajstić information content (AvgIpc) is 2.37. The summed E-state index contributed by atoms with van der Waals surface area (Å²) in [4.78, 5) is 0. The van der Waals surface area contributed by atoms with E-state index < -0.39 is 8.45 Å². The second-order valence-electron chi connectivity index (χ2n) is 7.56. The summed E-state index contributed by atoms with van der Waals surface area (Å²) in [6.45, 7) is 22.3. The summed E-state index contributed by atoms with van der Waals surface area (Å²) in [7, 11) is -0.655. The third-order valence-electron chi connectivity index (χ3n) is 4.34. The predicted molar refractivity (Wildman–Crippen MR) is 98.2 cm³/mol. The van der Waals surface area contributed by atoms with E-state index in [4.69, 9.17) is 4.52 Å². The van der Waals surface area contributed by atoms with Crippen LogP contribution < -0.4 is 5.32 Å². The van der Waals surface area contributed by atoms with Crippen LogP contribution in [0.1, 0.15) is 68.2 Å². The fourth-order valence-corrected chi connectivity index (χ4v) is 5.69. The minimum atomic E-state index is -0.655. The number of hydrogen-bond donors (Lipinski definition) is 1. The van der Waals surface area contributed by atoms with Gasteiger partial charge in [-0.15, -0.1) is 0 Å². The third-order valence-corrected chi connectivity index (χ3v) is 6.93. The second kappa shape index (κ2) is 8.39. The van der Waals surface area contributed by atoms with Crippen LogP contribution in [-0.2, 0) is 4.52 Å². The molecule has 1 aliphatic rings. The van der Waals surface area contributed by atoms with Crippen LogP contribution in [0.5, 0.6) is 0 Å². The highest BCUT2D eigenvalue weighted by molar-refractivity contribution is 7.47. The molecule has 4 nitrogen and oxygen atoms in total. The van der Waals surface area contributed by atoms with Gasteiger partial charge in [-0.1, -0.05) is 27.7 Å². The molecule has 0 atom stereocenters. The molecule has 1 fully saturated rings. The largest absolute Gasteiger partial charge is 0.328 e. The van der Waals surface area contributed by atoms with Crippen LogP contribution in [0.15, 0.2) is 0 Å². The van der Waals surface area contributed by atoms with Crippen molar-refractivity contribution in [3.05, 3.63) is 0 Å². The van der Waals surface area contributed by atoms with Crippen LogP contribution in [0.3, 0.4) is 0 Å². The number of nitrogens with zero attached hydrogens (tertiary/aromatic N) is 2. The number of piperidine rings is 1. The van der Waals surface area contributed by atoms with Gasteiger partial charge in [-0.25, -0.2) is 9.34 Å². The number of rotatable bonds is 8. The van der Waals surface area contributed by atoms with Crippen molar-refractivity contribution in [1.29, 1.82) is 0 Å². The van der Waals surface area contributed by atoms with Gasteiger partial charge in [0.2, 0.25) is 0 Å². The number of hydrogen-bond acceptors (Lipinski definition) is 4. The molecule has 1 rings (SSSR count). The normalized spacial score (nSPS) is 22.0. The first-order valence-electron chi connectivity index (χ1n) is 8.94. The predicted octanol–water partition coefficient (Wildman–Crippen LogP) is 4.22. The quantitative estimate of drug-likeness (QED) is 0.674. The maximum absolute atomic E-state index is 6.73. The van der Waals surface area contributed by atoms with Crippen LogP contribution in [-0.4, -0.2) is 52.7 Å². The summed E-state index contributed by atoms with van der Waals surface area (Å²) in [5, 5.41) is 3.75. The summed E-state index contributed by atoms with van der Waals surface area (Å²) in [5.41, 5.74) is 0.278. The molecule has 0 aromatic rings. The van der Waals surface area contributed by atoms with Crippen molar-refractivity contribution in [3.8, 4) is 0 Å². The van der Waals surface area contributed by atoms with Crippen molar-refractivity contribution < 1.29 is 4.52 Å². The van der Waals surface area contributed by atoms with Crippen LogP contribution in [0, 0.1) is 0 Å². The molecule has 0 spiro atoms. The third kappa shape index (κ3) is 5.72. The van der Waals surface area contributed by atoms with E-state index in [1.165, 1.54) is 0 Å². The van der Waals surface area contributed by atoms with E-state index in [2.05, 4.69) is 70.0 Å². The minimum Gasteiger partial charge on any atom is -0.328 e. The van der Waals surface area contributed by atoms with E-state index in [0.717, 1.165) is 39.0 Å². The van der Waals surface area contributed by atoms with Crippen molar-refractivity contribution in [3.63, 3.8) is 0 Å². The zero-order chi connectivity index (χ0) is 17.0. The van der Waals surface area contributed by atoms with Crippen molar-refractivity contribution in [2.45, 2.75) is 85.4 Å². The van der Waals surface area contributed by atoms with Crippen molar-refractivity contribution >= 4 is 8.45 Å². The Morgan fingerprint density at radius 3 is 1.55 bits per heavy atom. The molecule has 1 heterocycles. The van der Waals surface area contributed by atoms with Crippen LogP contribution >= 0.6 is 8.45 Å². The van der Waals surface area contributed by atoms with Crippen LogP contribution in [0.4, 0.5) is 0 Å². The van der Waals surface area contributed by atoms with Crippen molar-refractivity contribution in [1.82, 2.24) is 14.7 Å². The Kier molecular flexibility index (Phi) is 7.75. The molecule has 132 valence electrons. The lowest BCUT2D eigenvalue weighted by Gasteiger charge is -2.48. The highest BCUT2D eigenvalue weighted by Crippen LogP contribution is 2.48. The summed E-state index contributed by atoms with van der Waals surface area (Å²) in [6.07, 6.45) is 2.49. The fraction of sp³-hybridized carbons (Fsp3) is 1.00. The van der Waals surface area contributed by atoms with Gasteiger partial charge < -0.3 is 9.84 Å². The molecular formula is C17H38N3OP. The first kappa shape index (κ1) is 20.3. The summed E-state index contributed by atoms with van der Waals surface area (Å²) >= 11 is 0. The summed E-state index contributed by atoms with van der Waals surface area (Å²) in [6, 6.07) is 0. The molecule has 0 aromatic heterocycles. The van der Waals surface area contributed by atoms with E-state index in [1.807, 2.05) is 0 Å². The topological polar surface area (TPSA) is 27.7 Å². The Hall–Kier alpha value is 0.270. The van der Waals surface area contributed by atoms with E-state index in [-0.39, 0.29) is 11.1 Å². The summed E-state index contributed by atoms with van der Waals surface area (Å²) in [5.74, 6) is 0. The molecule has 5 heteroatoms. The van der Waals surface area contributed by atoms with Crippen molar-refractivity contribution in [2.75, 3.05) is 26.2 Å². The highest BCUT2D eigenvalue weighted by atomic mass is 31.2. The van der Waals surface area contributed by atoms with Gasteiger partial charge in [-0.2, -0.15) is 0 Å². The average molecular weight is 331 g/mol. The standard InChI is InChI=1S/C17H38N3OP/c1-9-19(10-2)22(20(11-3)12-4)21-15-13-16(5,6)18-17(7,8)14-15/h15,18H,9-14H2,1-8H3. The highest BCUT2D eigenvalue weighted by Gasteiger charge is 2.40. The van der Waals surface area contributed by atoms with Crippen LogP contribution in [0.2, 0.25) is 0 Å². The van der Waals surface area contributed by atoms with Gasteiger partial charge in [0.15, 0.2) is 8.45 Å². The van der Waals surface area contributed by atoms with Gasteiger partial charge in [0.1, 0.15) is 0 Å². The molecule has 0 radical (unpaired) electrons. The van der Waals surface area contributed by atoms with E-state index in [9.17, 15) is 0 Å². The molecule has 0 unspecified atom stereocenters. The lowest BCUT2D eigenvalue weighted by Crippen LogP contribution is -2.59. The second-order valence-corrected chi connectivity index (χ2v) is 9.41. The molecule has 0 aliphatic carbocycles. The molecule has 0 saturated carbocycles. The van der Waals surface area contributed by atoms with Gasteiger partial charge in [-0.3, -0.25) is 0 Å². The molecule has 0 aromatic carbocycles. The molecule has 0 amide bonds. The Labute approximate surface area is 139 Å². The maximum Gasteiger partial charge on any atom is 0.188 e. The van der Waals surface area contributed by atoms with Gasteiger partial charge in [-0.05, 0) is 40.5 Å². The lowest BCUT2D eigenvalue weighted by atomic mass is 9.81. The Bertz CT molecular complexity index is 300. The van der Waals surface area contributed by atoms with E-state index >= 15 is 0 Å². The maximum atomic E-state index is 6.73. The molecule has 1 saturated heterocycles. The Balaban J connectivity index is 2.88. The van der Waals surface area contributed by atoms with Crippen molar-refractivity contribution in [2.24, 2.45) is 0 Å². The van der Waals surface area contributed by atoms with Gasteiger partial charge in [0.25, 0.3) is 0 Å². The van der Waals surface area contributed by atoms with Gasteiger partial charge in [0.05, 0.1) is 6.10 Å². The summed E-state index contributed by atoms with van der Waals surface area (Å²) < 4.78 is 11.7. The van der Waals surface area contributed by atoms with Gasteiger partial charge >= 0.3 is 0 Å². The molecule has 1 aliphatic heterocycles. The smallest absolute Gasteiger partial charge is 0.188 e.